The van der Waals surface area contributed by atoms with E-state index in [1.54, 1.807) is 7.11 Å². The van der Waals surface area contributed by atoms with Gasteiger partial charge in [0.2, 0.25) is 5.96 Å². The number of hydrogen-bond acceptors (Lipinski definition) is 3. The number of nitrogens with one attached hydrogen (secondary N) is 1. The molecule has 88 valence electrons. The molecular formula is C10H15ClN4O. The Morgan fingerprint density at radius 1 is 1.50 bits per heavy atom. The van der Waals surface area contributed by atoms with Crippen LogP contribution in [-0.2, 0) is 6.42 Å². The molecule has 0 saturated heterocycles. The van der Waals surface area contributed by atoms with E-state index in [4.69, 9.17) is 27.8 Å². The van der Waals surface area contributed by atoms with Gasteiger partial charge in [0.05, 0.1) is 12.1 Å². The molecule has 0 aromatic heterocycles. The van der Waals surface area contributed by atoms with Crippen LogP contribution in [-0.4, -0.2) is 19.6 Å². The van der Waals surface area contributed by atoms with Crippen molar-refractivity contribution in [1.29, 1.82) is 0 Å². The Bertz CT molecular complexity index is 377. The number of hydrogen-bond donors (Lipinski definition) is 3. The Kier molecular flexibility index (Phi) is 4.72. The van der Waals surface area contributed by atoms with Gasteiger partial charge in [-0.15, -0.1) is 5.10 Å². The van der Waals surface area contributed by atoms with E-state index < -0.39 is 0 Å². The number of rotatable bonds is 5. The highest BCUT2D eigenvalue weighted by Crippen LogP contribution is 2.24. The number of benzene rings is 1. The zero-order valence-electron chi connectivity index (χ0n) is 9.03. The second-order valence-corrected chi connectivity index (χ2v) is 3.57. The SMILES string of the molecule is COc1ccc(CCNN=C(N)N)cc1Cl. The van der Waals surface area contributed by atoms with Crippen LogP contribution < -0.4 is 21.6 Å². The van der Waals surface area contributed by atoms with Crippen molar-refractivity contribution in [3.05, 3.63) is 28.8 Å². The maximum absolute atomic E-state index is 5.98. The first-order valence-electron chi connectivity index (χ1n) is 4.77. The number of halogens is 1. The molecule has 1 rings (SSSR count). The summed E-state index contributed by atoms with van der Waals surface area (Å²) < 4.78 is 5.05. The largest absolute Gasteiger partial charge is 0.495 e. The molecule has 1 aromatic carbocycles. The Morgan fingerprint density at radius 2 is 2.25 bits per heavy atom. The van der Waals surface area contributed by atoms with Crippen molar-refractivity contribution in [3.63, 3.8) is 0 Å². The van der Waals surface area contributed by atoms with Crippen molar-refractivity contribution in [1.82, 2.24) is 5.43 Å². The van der Waals surface area contributed by atoms with Gasteiger partial charge in [-0.3, -0.25) is 0 Å². The molecule has 0 bridgehead atoms. The molecule has 16 heavy (non-hydrogen) atoms. The molecule has 0 aliphatic carbocycles. The fourth-order valence-electron chi connectivity index (χ4n) is 1.21. The zero-order chi connectivity index (χ0) is 12.0. The first-order chi connectivity index (χ1) is 7.63. The summed E-state index contributed by atoms with van der Waals surface area (Å²) in [6, 6.07) is 5.64. The quantitative estimate of drug-likeness (QED) is 0.307. The first kappa shape index (κ1) is 12.4. The lowest BCUT2D eigenvalue weighted by molar-refractivity contribution is 0.415. The third kappa shape index (κ3) is 3.86. The van der Waals surface area contributed by atoms with Crippen LogP contribution in [0.15, 0.2) is 23.3 Å². The van der Waals surface area contributed by atoms with Crippen LogP contribution in [0.1, 0.15) is 5.56 Å². The van der Waals surface area contributed by atoms with E-state index in [-0.39, 0.29) is 5.96 Å². The lowest BCUT2D eigenvalue weighted by Gasteiger charge is -2.06. The van der Waals surface area contributed by atoms with Gasteiger partial charge in [0, 0.05) is 6.54 Å². The molecule has 5 nitrogen and oxygen atoms in total. The van der Waals surface area contributed by atoms with Crippen molar-refractivity contribution in [2.24, 2.45) is 16.6 Å². The van der Waals surface area contributed by atoms with Gasteiger partial charge in [-0.05, 0) is 24.1 Å². The molecule has 5 N–H and O–H groups in total. The summed E-state index contributed by atoms with van der Waals surface area (Å²) in [6.45, 7) is 0.639. The van der Waals surface area contributed by atoms with Crippen LogP contribution in [0.2, 0.25) is 5.02 Å². The zero-order valence-corrected chi connectivity index (χ0v) is 9.79. The minimum atomic E-state index is 0.0211. The third-order valence-corrected chi connectivity index (χ3v) is 2.25. The molecule has 0 aliphatic rings. The van der Waals surface area contributed by atoms with Gasteiger partial charge in [0.15, 0.2) is 0 Å². The minimum absolute atomic E-state index is 0.0211. The number of nitrogens with two attached hydrogens (primary N) is 2. The first-order valence-corrected chi connectivity index (χ1v) is 5.15. The van der Waals surface area contributed by atoms with Crippen LogP contribution >= 0.6 is 11.6 Å². The maximum atomic E-state index is 5.98. The molecule has 6 heteroatoms. The van der Waals surface area contributed by atoms with Crippen molar-refractivity contribution in [2.75, 3.05) is 13.7 Å². The van der Waals surface area contributed by atoms with E-state index in [1.165, 1.54) is 0 Å². The van der Waals surface area contributed by atoms with Crippen molar-refractivity contribution in [3.8, 4) is 5.75 Å². The highest BCUT2D eigenvalue weighted by molar-refractivity contribution is 6.32. The molecule has 0 aliphatic heterocycles. The number of ether oxygens (including phenoxy) is 1. The highest BCUT2D eigenvalue weighted by atomic mass is 35.5. The second kappa shape index (κ2) is 6.07. The highest BCUT2D eigenvalue weighted by Gasteiger charge is 2.01. The van der Waals surface area contributed by atoms with E-state index >= 15 is 0 Å². The molecule has 0 saturated carbocycles. The fraction of sp³-hybridized carbons (Fsp3) is 0.300. The minimum Gasteiger partial charge on any atom is -0.495 e. The Labute approximate surface area is 99.4 Å². The molecule has 0 heterocycles. The van der Waals surface area contributed by atoms with Crippen LogP contribution in [0.5, 0.6) is 5.75 Å². The average molecular weight is 243 g/mol. The van der Waals surface area contributed by atoms with Crippen LogP contribution in [0.4, 0.5) is 0 Å². The van der Waals surface area contributed by atoms with Gasteiger partial charge < -0.3 is 21.6 Å². The summed E-state index contributed by atoms with van der Waals surface area (Å²) >= 11 is 5.98. The van der Waals surface area contributed by atoms with Gasteiger partial charge >= 0.3 is 0 Å². The second-order valence-electron chi connectivity index (χ2n) is 3.16. The Balaban J connectivity index is 2.49. The van der Waals surface area contributed by atoms with E-state index in [9.17, 15) is 0 Å². The summed E-state index contributed by atoms with van der Waals surface area (Å²) in [4.78, 5) is 0. The summed E-state index contributed by atoms with van der Waals surface area (Å²) in [5, 5.41) is 4.26. The number of hydrazone groups is 1. The molecule has 1 aromatic rings. The summed E-state index contributed by atoms with van der Waals surface area (Å²) in [5.74, 6) is 0.690. The molecule has 0 unspecified atom stereocenters. The number of guanidine groups is 1. The van der Waals surface area contributed by atoms with Gasteiger partial charge in [-0.25, -0.2) is 0 Å². The molecule has 0 radical (unpaired) electrons. The summed E-state index contributed by atoms with van der Waals surface area (Å²) in [5.41, 5.74) is 14.2. The van der Waals surface area contributed by atoms with Crippen molar-refractivity contribution >= 4 is 17.6 Å². The van der Waals surface area contributed by atoms with E-state index in [0.717, 1.165) is 12.0 Å². The van der Waals surface area contributed by atoms with Gasteiger partial charge in [-0.2, -0.15) is 0 Å². The normalized spacial score (nSPS) is 9.62. The number of methoxy groups -OCH3 is 1. The molecule has 0 atom stereocenters. The standard InChI is InChI=1S/C10H15ClN4O/c1-16-9-3-2-7(6-8(9)11)4-5-14-15-10(12)13/h2-3,6,14H,4-5H2,1H3,(H4,12,13,15). The molecule has 0 amide bonds. The van der Waals surface area contributed by atoms with Gasteiger partial charge in [-0.1, -0.05) is 17.7 Å². The van der Waals surface area contributed by atoms with Crippen LogP contribution in [0.3, 0.4) is 0 Å². The van der Waals surface area contributed by atoms with Crippen molar-refractivity contribution < 1.29 is 4.74 Å². The average Bonchev–Trinajstić information content (AvgIpc) is 2.24. The smallest absolute Gasteiger partial charge is 0.208 e. The van der Waals surface area contributed by atoms with Crippen LogP contribution in [0.25, 0.3) is 0 Å². The van der Waals surface area contributed by atoms with E-state index in [1.807, 2.05) is 18.2 Å². The molecule has 0 fully saturated rings. The third-order valence-electron chi connectivity index (χ3n) is 1.95. The predicted octanol–water partition coefficient (Wildman–Crippen LogP) is 0.669. The maximum Gasteiger partial charge on any atom is 0.208 e. The number of nitrogens with zero attached hydrogens (tertiary/aromatic N) is 1. The molecule has 0 spiro atoms. The summed E-state index contributed by atoms with van der Waals surface area (Å²) in [7, 11) is 1.58. The lowest BCUT2D eigenvalue weighted by atomic mass is 10.1. The Morgan fingerprint density at radius 3 is 2.81 bits per heavy atom. The predicted molar refractivity (Wildman–Crippen MR) is 65.5 cm³/mol. The van der Waals surface area contributed by atoms with Crippen LogP contribution in [0, 0.1) is 0 Å². The monoisotopic (exact) mass is 242 g/mol. The lowest BCUT2D eigenvalue weighted by Crippen LogP contribution is -2.27. The fourth-order valence-corrected chi connectivity index (χ4v) is 1.49. The Hall–Kier alpha value is -1.62. The topological polar surface area (TPSA) is 85.7 Å². The van der Waals surface area contributed by atoms with E-state index in [0.29, 0.717) is 17.3 Å². The van der Waals surface area contributed by atoms with Gasteiger partial charge in [0.1, 0.15) is 5.75 Å². The van der Waals surface area contributed by atoms with E-state index in [2.05, 4.69) is 10.5 Å². The van der Waals surface area contributed by atoms with Gasteiger partial charge in [0.25, 0.3) is 0 Å². The summed E-state index contributed by atoms with van der Waals surface area (Å²) in [6.07, 6.45) is 0.778. The van der Waals surface area contributed by atoms with Crippen molar-refractivity contribution in [2.45, 2.75) is 6.42 Å². The molecular weight excluding hydrogens is 228 g/mol.